The molecule has 0 aromatic heterocycles. The molecule has 2 aliphatic rings. The number of morpholine rings is 1. The minimum atomic E-state index is -0.450. The van der Waals surface area contributed by atoms with E-state index >= 15 is 0 Å². The minimum Gasteiger partial charge on any atom is -0.379 e. The first-order valence-corrected chi connectivity index (χ1v) is 10.0. The van der Waals surface area contributed by atoms with Crippen LogP contribution in [-0.2, 0) is 4.74 Å². The summed E-state index contributed by atoms with van der Waals surface area (Å²) in [6, 6.07) is 4.60. The lowest BCUT2D eigenvalue weighted by Gasteiger charge is -2.41. The summed E-state index contributed by atoms with van der Waals surface area (Å²) in [6.45, 7) is 9.46. The second-order valence-corrected chi connectivity index (χ2v) is 8.10. The van der Waals surface area contributed by atoms with Crippen molar-refractivity contribution in [3.8, 4) is 0 Å². The van der Waals surface area contributed by atoms with Gasteiger partial charge in [-0.1, -0.05) is 0 Å². The van der Waals surface area contributed by atoms with Gasteiger partial charge in [0.1, 0.15) is 0 Å². The van der Waals surface area contributed by atoms with Crippen molar-refractivity contribution in [1.29, 1.82) is 0 Å². The number of benzene rings is 1. The number of nitrogens with one attached hydrogen (secondary N) is 1. The standard InChI is InChI=1S/C20H30N4O4/c1-20(2,23-10-12-28-13-11-23)15-21-19(25)17-14-16(24(26)27)6-7-18(17)22-8-4-3-5-9-22/h6-7,14H,3-5,8-13,15H2,1-2H3,(H,21,25). The molecule has 2 saturated heterocycles. The van der Waals surface area contributed by atoms with Gasteiger partial charge >= 0.3 is 0 Å². The molecule has 1 amide bonds. The van der Waals surface area contributed by atoms with E-state index in [0.717, 1.165) is 44.7 Å². The summed E-state index contributed by atoms with van der Waals surface area (Å²) in [6.07, 6.45) is 3.32. The molecular weight excluding hydrogens is 360 g/mol. The van der Waals surface area contributed by atoms with Crippen molar-refractivity contribution < 1.29 is 14.5 Å². The first kappa shape index (κ1) is 20.5. The molecule has 8 nitrogen and oxygen atoms in total. The summed E-state index contributed by atoms with van der Waals surface area (Å²) >= 11 is 0. The minimum absolute atomic E-state index is 0.0571. The number of anilines is 1. The monoisotopic (exact) mass is 390 g/mol. The van der Waals surface area contributed by atoms with E-state index in [9.17, 15) is 14.9 Å². The highest BCUT2D eigenvalue weighted by Gasteiger charge is 2.29. The molecule has 3 rings (SSSR count). The number of rotatable bonds is 6. The van der Waals surface area contributed by atoms with Crippen LogP contribution in [0.15, 0.2) is 18.2 Å². The molecule has 2 heterocycles. The number of nitro benzene ring substituents is 1. The number of hydrogen-bond donors (Lipinski definition) is 1. The van der Waals surface area contributed by atoms with Gasteiger partial charge in [0.15, 0.2) is 0 Å². The topological polar surface area (TPSA) is 87.9 Å². The van der Waals surface area contributed by atoms with E-state index in [0.29, 0.717) is 25.3 Å². The second kappa shape index (κ2) is 8.87. The lowest BCUT2D eigenvalue weighted by Crippen LogP contribution is -2.55. The maximum Gasteiger partial charge on any atom is 0.270 e. The molecule has 28 heavy (non-hydrogen) atoms. The van der Waals surface area contributed by atoms with Gasteiger partial charge in [-0.05, 0) is 39.2 Å². The molecule has 1 aromatic rings. The molecule has 0 atom stereocenters. The lowest BCUT2D eigenvalue weighted by molar-refractivity contribution is -0.384. The van der Waals surface area contributed by atoms with Gasteiger partial charge < -0.3 is 15.0 Å². The fourth-order valence-electron chi connectivity index (χ4n) is 3.90. The molecule has 0 spiro atoms. The first-order chi connectivity index (χ1) is 13.4. The smallest absolute Gasteiger partial charge is 0.270 e. The Bertz CT molecular complexity index is 710. The zero-order chi connectivity index (χ0) is 20.1. The number of ether oxygens (including phenoxy) is 1. The van der Waals surface area contributed by atoms with Gasteiger partial charge in [-0.25, -0.2) is 0 Å². The third-order valence-corrected chi connectivity index (χ3v) is 5.68. The number of piperidine rings is 1. The van der Waals surface area contributed by atoms with Crippen LogP contribution in [-0.4, -0.2) is 67.2 Å². The van der Waals surface area contributed by atoms with E-state index in [1.54, 1.807) is 6.07 Å². The number of non-ortho nitro benzene ring substituents is 1. The summed E-state index contributed by atoms with van der Waals surface area (Å²) < 4.78 is 5.41. The van der Waals surface area contributed by atoms with Crippen LogP contribution in [0.5, 0.6) is 0 Å². The highest BCUT2D eigenvalue weighted by molar-refractivity contribution is 6.00. The largest absolute Gasteiger partial charge is 0.379 e. The zero-order valence-electron chi connectivity index (χ0n) is 16.8. The Morgan fingerprint density at radius 3 is 2.50 bits per heavy atom. The summed E-state index contributed by atoms with van der Waals surface area (Å²) in [5.74, 6) is -0.259. The quantitative estimate of drug-likeness (QED) is 0.593. The van der Waals surface area contributed by atoms with E-state index in [4.69, 9.17) is 4.74 Å². The Labute approximate surface area is 166 Å². The Kier molecular flexibility index (Phi) is 6.51. The summed E-state index contributed by atoms with van der Waals surface area (Å²) in [5.41, 5.74) is 0.894. The maximum atomic E-state index is 13.0. The fourth-order valence-corrected chi connectivity index (χ4v) is 3.90. The van der Waals surface area contributed by atoms with E-state index in [1.807, 2.05) is 0 Å². The van der Waals surface area contributed by atoms with Crippen LogP contribution in [0.2, 0.25) is 0 Å². The molecule has 0 unspecified atom stereocenters. The molecule has 0 radical (unpaired) electrons. The maximum absolute atomic E-state index is 13.0. The van der Waals surface area contributed by atoms with Gasteiger partial charge in [0, 0.05) is 50.4 Å². The van der Waals surface area contributed by atoms with Gasteiger partial charge in [0.05, 0.1) is 29.4 Å². The molecule has 154 valence electrons. The van der Waals surface area contributed by atoms with E-state index < -0.39 is 4.92 Å². The molecule has 1 N–H and O–H groups in total. The van der Waals surface area contributed by atoms with Gasteiger partial charge in [-0.2, -0.15) is 0 Å². The Morgan fingerprint density at radius 2 is 1.86 bits per heavy atom. The average Bonchev–Trinajstić information content (AvgIpc) is 2.73. The van der Waals surface area contributed by atoms with Crippen LogP contribution in [0.1, 0.15) is 43.5 Å². The number of nitrogens with zero attached hydrogens (tertiary/aromatic N) is 3. The van der Waals surface area contributed by atoms with Crippen molar-refractivity contribution in [2.45, 2.75) is 38.6 Å². The Hall–Kier alpha value is -2.19. The zero-order valence-corrected chi connectivity index (χ0v) is 16.8. The Morgan fingerprint density at radius 1 is 1.18 bits per heavy atom. The molecule has 8 heteroatoms. The molecule has 0 bridgehead atoms. The number of carbonyl (C=O) groups is 1. The number of amides is 1. The second-order valence-electron chi connectivity index (χ2n) is 8.10. The molecular formula is C20H30N4O4. The van der Waals surface area contributed by atoms with Crippen molar-refractivity contribution in [3.63, 3.8) is 0 Å². The summed E-state index contributed by atoms with van der Waals surface area (Å²) in [4.78, 5) is 28.3. The van der Waals surface area contributed by atoms with E-state index in [-0.39, 0.29) is 17.1 Å². The van der Waals surface area contributed by atoms with Crippen molar-refractivity contribution in [2.75, 3.05) is 50.8 Å². The van der Waals surface area contributed by atoms with E-state index in [1.165, 1.54) is 18.6 Å². The summed E-state index contributed by atoms with van der Waals surface area (Å²) in [5, 5.41) is 14.2. The van der Waals surface area contributed by atoms with E-state index in [2.05, 4.69) is 29.0 Å². The Balaban J connectivity index is 1.76. The van der Waals surface area contributed by atoms with Crippen LogP contribution in [0.4, 0.5) is 11.4 Å². The van der Waals surface area contributed by atoms with Crippen LogP contribution in [0.3, 0.4) is 0 Å². The number of carbonyl (C=O) groups excluding carboxylic acids is 1. The van der Waals surface area contributed by atoms with Crippen molar-refractivity contribution in [3.05, 3.63) is 33.9 Å². The van der Waals surface area contributed by atoms with Gasteiger partial charge in [-0.15, -0.1) is 0 Å². The van der Waals surface area contributed by atoms with Gasteiger partial charge in [-0.3, -0.25) is 19.8 Å². The molecule has 2 aliphatic heterocycles. The predicted octanol–water partition coefficient (Wildman–Crippen LogP) is 2.43. The van der Waals surface area contributed by atoms with Gasteiger partial charge in [0.2, 0.25) is 0 Å². The van der Waals surface area contributed by atoms with Crippen LogP contribution < -0.4 is 10.2 Å². The van der Waals surface area contributed by atoms with Gasteiger partial charge in [0.25, 0.3) is 11.6 Å². The highest BCUT2D eigenvalue weighted by atomic mass is 16.6. The van der Waals surface area contributed by atoms with Crippen molar-refractivity contribution in [1.82, 2.24) is 10.2 Å². The third kappa shape index (κ3) is 4.80. The number of hydrogen-bond acceptors (Lipinski definition) is 6. The van der Waals surface area contributed by atoms with Crippen LogP contribution >= 0.6 is 0 Å². The normalized spacial score (nSPS) is 18.7. The average molecular weight is 390 g/mol. The fraction of sp³-hybridized carbons (Fsp3) is 0.650. The third-order valence-electron chi connectivity index (χ3n) is 5.68. The molecule has 1 aromatic carbocycles. The van der Waals surface area contributed by atoms with Crippen LogP contribution in [0, 0.1) is 10.1 Å². The first-order valence-electron chi connectivity index (χ1n) is 10.0. The lowest BCUT2D eigenvalue weighted by atomic mass is 10.0. The molecule has 0 saturated carbocycles. The van der Waals surface area contributed by atoms with Crippen molar-refractivity contribution >= 4 is 17.3 Å². The summed E-state index contributed by atoms with van der Waals surface area (Å²) in [7, 11) is 0. The molecule has 0 aliphatic carbocycles. The van der Waals surface area contributed by atoms with Crippen molar-refractivity contribution in [2.24, 2.45) is 0 Å². The highest BCUT2D eigenvalue weighted by Crippen LogP contribution is 2.28. The predicted molar refractivity (Wildman–Crippen MR) is 108 cm³/mol. The van der Waals surface area contributed by atoms with Crippen LogP contribution in [0.25, 0.3) is 0 Å². The molecule has 2 fully saturated rings. The SMILES string of the molecule is CC(C)(CNC(=O)c1cc([N+](=O)[O-])ccc1N1CCCCC1)N1CCOCC1. The number of nitro groups is 1.